The summed E-state index contributed by atoms with van der Waals surface area (Å²) in [6.07, 6.45) is 3.49. The lowest BCUT2D eigenvalue weighted by Crippen LogP contribution is -2.22. The molecule has 3 aromatic carbocycles. The number of aromatic nitrogens is 2. The highest BCUT2D eigenvalue weighted by molar-refractivity contribution is 6.35. The zero-order chi connectivity index (χ0) is 19.7. The van der Waals surface area contributed by atoms with E-state index in [4.69, 9.17) is 23.2 Å². The van der Waals surface area contributed by atoms with Gasteiger partial charge in [-0.05, 0) is 54.1 Å². The molecule has 6 heteroatoms. The van der Waals surface area contributed by atoms with Crippen LogP contribution in [0.4, 0.5) is 0 Å². The Hall–Kier alpha value is -3.08. The summed E-state index contributed by atoms with van der Waals surface area (Å²) in [5, 5.41) is 11.4. The van der Waals surface area contributed by atoms with E-state index in [1.165, 1.54) is 10.6 Å². The minimum atomic E-state index is -0.224. The third kappa shape index (κ3) is 3.52. The Labute approximate surface area is 170 Å². The highest BCUT2D eigenvalue weighted by Crippen LogP contribution is 2.23. The van der Waals surface area contributed by atoms with Crippen LogP contribution in [0.3, 0.4) is 0 Å². The normalized spacial score (nSPS) is 11.4. The fourth-order valence-corrected chi connectivity index (χ4v) is 3.42. The molecular weight excluding hydrogens is 395 g/mol. The van der Waals surface area contributed by atoms with Crippen LogP contribution in [0.15, 0.2) is 71.5 Å². The average Bonchev–Trinajstić information content (AvgIpc) is 2.67. The number of fused-ring (bicyclic) bond motifs is 1. The summed E-state index contributed by atoms with van der Waals surface area (Å²) in [5.74, 6) is 0.480. The number of aromatic hydroxyl groups is 1. The van der Waals surface area contributed by atoms with Crippen LogP contribution in [0.5, 0.6) is 5.75 Å². The van der Waals surface area contributed by atoms with Crippen molar-refractivity contribution < 1.29 is 5.11 Å². The first-order chi connectivity index (χ1) is 13.5. The van der Waals surface area contributed by atoms with Gasteiger partial charge in [0, 0.05) is 16.1 Å². The standard InChI is InChI=1S/C22H14Cl2N2O2/c23-15-10-8-14(19(24)12-15)9-11-21-25-20-7-2-1-6-18(20)22(28)26(21)16-4-3-5-17(27)13-16/h1-13,27H. The zero-order valence-corrected chi connectivity index (χ0v) is 16.0. The lowest BCUT2D eigenvalue weighted by molar-refractivity contribution is 0.475. The van der Waals surface area contributed by atoms with E-state index >= 15 is 0 Å². The van der Waals surface area contributed by atoms with Crippen LogP contribution >= 0.6 is 23.2 Å². The number of para-hydroxylation sites is 1. The van der Waals surface area contributed by atoms with Crippen LogP contribution < -0.4 is 5.56 Å². The minimum Gasteiger partial charge on any atom is -0.508 e. The molecule has 0 amide bonds. The van der Waals surface area contributed by atoms with E-state index in [0.29, 0.717) is 32.5 Å². The molecule has 0 saturated carbocycles. The van der Waals surface area contributed by atoms with E-state index in [1.807, 2.05) is 6.07 Å². The summed E-state index contributed by atoms with van der Waals surface area (Å²) in [5.41, 5.74) is 1.63. The quantitative estimate of drug-likeness (QED) is 0.482. The van der Waals surface area contributed by atoms with Crippen molar-refractivity contribution in [3.05, 3.63) is 98.5 Å². The molecule has 0 aliphatic heterocycles. The van der Waals surface area contributed by atoms with Gasteiger partial charge in [-0.1, -0.05) is 47.5 Å². The number of rotatable bonds is 3. The highest BCUT2D eigenvalue weighted by atomic mass is 35.5. The third-order valence-electron chi connectivity index (χ3n) is 4.26. The fraction of sp³-hybridized carbons (Fsp3) is 0. The minimum absolute atomic E-state index is 0.0632. The van der Waals surface area contributed by atoms with Crippen molar-refractivity contribution in [1.29, 1.82) is 0 Å². The fourth-order valence-electron chi connectivity index (χ4n) is 2.94. The molecule has 4 aromatic rings. The van der Waals surface area contributed by atoms with Crippen LogP contribution in [-0.4, -0.2) is 14.7 Å². The number of hydrogen-bond acceptors (Lipinski definition) is 3. The molecule has 1 heterocycles. The SMILES string of the molecule is O=c1c2ccccc2nc(C=Cc2ccc(Cl)cc2Cl)n1-c1cccc(O)c1. The lowest BCUT2D eigenvalue weighted by Gasteiger charge is -2.11. The molecule has 28 heavy (non-hydrogen) atoms. The summed E-state index contributed by atoms with van der Waals surface area (Å²) in [7, 11) is 0. The van der Waals surface area contributed by atoms with Gasteiger partial charge in [-0.15, -0.1) is 0 Å². The molecule has 0 aliphatic carbocycles. The largest absolute Gasteiger partial charge is 0.508 e. The van der Waals surface area contributed by atoms with Crippen molar-refractivity contribution >= 4 is 46.3 Å². The van der Waals surface area contributed by atoms with Crippen LogP contribution in [0, 0.1) is 0 Å². The maximum Gasteiger partial charge on any atom is 0.266 e. The van der Waals surface area contributed by atoms with Crippen molar-refractivity contribution in [3.8, 4) is 11.4 Å². The molecule has 1 aromatic heterocycles. The smallest absolute Gasteiger partial charge is 0.266 e. The van der Waals surface area contributed by atoms with E-state index in [9.17, 15) is 9.90 Å². The van der Waals surface area contributed by atoms with Crippen molar-refractivity contribution in [2.45, 2.75) is 0 Å². The first-order valence-electron chi connectivity index (χ1n) is 8.47. The molecular formula is C22H14Cl2N2O2. The summed E-state index contributed by atoms with van der Waals surface area (Å²) in [6.45, 7) is 0. The van der Waals surface area contributed by atoms with Crippen molar-refractivity contribution in [1.82, 2.24) is 9.55 Å². The average molecular weight is 409 g/mol. The Morgan fingerprint density at radius 1 is 0.929 bits per heavy atom. The molecule has 0 radical (unpaired) electrons. The maximum atomic E-state index is 13.1. The molecule has 0 saturated heterocycles. The highest BCUT2D eigenvalue weighted by Gasteiger charge is 2.11. The van der Waals surface area contributed by atoms with Crippen LogP contribution in [0.25, 0.3) is 28.7 Å². The van der Waals surface area contributed by atoms with Crippen molar-refractivity contribution in [3.63, 3.8) is 0 Å². The second-order valence-electron chi connectivity index (χ2n) is 6.15. The number of benzene rings is 3. The number of phenols is 1. The van der Waals surface area contributed by atoms with Gasteiger partial charge in [0.05, 0.1) is 16.6 Å². The molecule has 0 fully saturated rings. The van der Waals surface area contributed by atoms with Gasteiger partial charge in [0.15, 0.2) is 0 Å². The zero-order valence-electron chi connectivity index (χ0n) is 14.5. The molecule has 0 aliphatic rings. The molecule has 1 N–H and O–H groups in total. The van der Waals surface area contributed by atoms with Gasteiger partial charge in [-0.25, -0.2) is 4.98 Å². The molecule has 4 rings (SSSR count). The van der Waals surface area contributed by atoms with Gasteiger partial charge in [0.1, 0.15) is 11.6 Å². The third-order valence-corrected chi connectivity index (χ3v) is 4.83. The van der Waals surface area contributed by atoms with Crippen LogP contribution in [0.1, 0.15) is 11.4 Å². The topological polar surface area (TPSA) is 55.1 Å². The van der Waals surface area contributed by atoms with Crippen LogP contribution in [-0.2, 0) is 0 Å². The van der Waals surface area contributed by atoms with E-state index in [0.717, 1.165) is 5.56 Å². The number of nitrogens with zero attached hydrogens (tertiary/aromatic N) is 2. The summed E-state index contributed by atoms with van der Waals surface area (Å²) in [6, 6.07) is 18.8. The molecule has 4 nitrogen and oxygen atoms in total. The monoisotopic (exact) mass is 408 g/mol. The first-order valence-corrected chi connectivity index (χ1v) is 9.23. The van der Waals surface area contributed by atoms with E-state index < -0.39 is 0 Å². The molecule has 0 spiro atoms. The maximum absolute atomic E-state index is 13.1. The second kappa shape index (κ2) is 7.50. The van der Waals surface area contributed by atoms with Gasteiger partial charge in [0.25, 0.3) is 5.56 Å². The van der Waals surface area contributed by atoms with Gasteiger partial charge < -0.3 is 5.11 Å². The second-order valence-corrected chi connectivity index (χ2v) is 6.99. The van der Waals surface area contributed by atoms with E-state index in [-0.39, 0.29) is 11.3 Å². The lowest BCUT2D eigenvalue weighted by atomic mass is 10.2. The molecule has 0 atom stereocenters. The Balaban J connectivity index is 1.95. The molecule has 138 valence electrons. The predicted octanol–water partition coefficient (Wildman–Crippen LogP) is 5.57. The van der Waals surface area contributed by atoms with Crippen molar-refractivity contribution in [2.75, 3.05) is 0 Å². The van der Waals surface area contributed by atoms with Gasteiger partial charge in [-0.3, -0.25) is 9.36 Å². The number of hydrogen-bond donors (Lipinski definition) is 1. The molecule has 0 bridgehead atoms. The van der Waals surface area contributed by atoms with E-state index in [2.05, 4.69) is 4.98 Å². The van der Waals surface area contributed by atoms with Gasteiger partial charge in [-0.2, -0.15) is 0 Å². The number of phenolic OH excluding ortho intramolecular Hbond substituents is 1. The Morgan fingerprint density at radius 2 is 1.75 bits per heavy atom. The van der Waals surface area contributed by atoms with Crippen LogP contribution in [0.2, 0.25) is 10.0 Å². The summed E-state index contributed by atoms with van der Waals surface area (Å²) < 4.78 is 1.46. The summed E-state index contributed by atoms with van der Waals surface area (Å²) in [4.78, 5) is 17.8. The Morgan fingerprint density at radius 3 is 2.54 bits per heavy atom. The predicted molar refractivity (Wildman–Crippen MR) is 114 cm³/mol. The first kappa shape index (κ1) is 18.3. The number of halogens is 2. The molecule has 0 unspecified atom stereocenters. The van der Waals surface area contributed by atoms with Gasteiger partial charge >= 0.3 is 0 Å². The Bertz CT molecular complexity index is 1280. The summed E-state index contributed by atoms with van der Waals surface area (Å²) >= 11 is 12.2. The van der Waals surface area contributed by atoms with E-state index in [1.54, 1.807) is 66.7 Å². The van der Waals surface area contributed by atoms with Gasteiger partial charge in [0.2, 0.25) is 0 Å². The Kier molecular flexibility index (Phi) is 4.90. The van der Waals surface area contributed by atoms with Crippen molar-refractivity contribution in [2.24, 2.45) is 0 Å².